The molecule has 0 spiro atoms. The van der Waals surface area contributed by atoms with Crippen LogP contribution in [0.4, 0.5) is 0 Å². The first kappa shape index (κ1) is 25.6. The zero-order valence-corrected chi connectivity index (χ0v) is 21.1. The number of aliphatic hydroxyl groups is 1. The van der Waals surface area contributed by atoms with Crippen molar-refractivity contribution < 1.29 is 24.2 Å². The van der Waals surface area contributed by atoms with E-state index < -0.39 is 11.9 Å². The molecule has 1 unspecified atom stereocenters. The molecule has 1 aliphatic rings. The summed E-state index contributed by atoms with van der Waals surface area (Å²) in [5, 5.41) is 27.1. The van der Waals surface area contributed by atoms with Gasteiger partial charge in [0.05, 0.1) is 20.8 Å². The fourth-order valence-corrected chi connectivity index (χ4v) is 5.17. The molecule has 1 aromatic carbocycles. The summed E-state index contributed by atoms with van der Waals surface area (Å²) >= 11 is 1.39. The molecule has 36 heavy (non-hydrogen) atoms. The van der Waals surface area contributed by atoms with Crippen molar-refractivity contribution >= 4 is 23.2 Å². The minimum Gasteiger partial charge on any atom is -0.493 e. The molecule has 0 radical (unpaired) electrons. The van der Waals surface area contributed by atoms with Crippen LogP contribution < -0.4 is 14.8 Å². The maximum Gasteiger partial charge on any atom is 0.248 e. The summed E-state index contributed by atoms with van der Waals surface area (Å²) in [6.07, 6.45) is 4.01. The van der Waals surface area contributed by atoms with Crippen LogP contribution in [0, 0.1) is 0 Å². The van der Waals surface area contributed by atoms with Crippen LogP contribution in [-0.2, 0) is 16.1 Å². The van der Waals surface area contributed by atoms with Gasteiger partial charge in [0.25, 0.3) is 0 Å². The summed E-state index contributed by atoms with van der Waals surface area (Å²) in [6.45, 7) is -0.526. The first-order chi connectivity index (χ1) is 17.5. The molecule has 0 aliphatic heterocycles. The van der Waals surface area contributed by atoms with Crippen molar-refractivity contribution in [2.45, 2.75) is 44.3 Å². The number of carbonyl (C=O) groups excluding carboxylic acids is 2. The van der Waals surface area contributed by atoms with E-state index in [4.69, 9.17) is 9.47 Å². The van der Waals surface area contributed by atoms with Gasteiger partial charge in [-0.25, -0.2) is 0 Å². The van der Waals surface area contributed by atoms with Crippen molar-refractivity contribution in [2.75, 3.05) is 27.4 Å². The number of benzene rings is 1. The van der Waals surface area contributed by atoms with Gasteiger partial charge in [-0.3, -0.25) is 9.59 Å². The van der Waals surface area contributed by atoms with Crippen LogP contribution in [-0.4, -0.2) is 75.4 Å². The Hall–Kier alpha value is -3.51. The highest BCUT2D eigenvalue weighted by Crippen LogP contribution is 2.31. The number of carbonyl (C=O) groups is 2. The summed E-state index contributed by atoms with van der Waals surface area (Å²) in [6, 6.07) is 8.14. The van der Waals surface area contributed by atoms with E-state index in [1.165, 1.54) is 28.1 Å². The summed E-state index contributed by atoms with van der Waals surface area (Å²) in [5.74, 6) is 0.748. The third-order valence-corrected chi connectivity index (χ3v) is 7.03. The molecule has 0 saturated heterocycles. The minimum absolute atomic E-state index is 0.00325. The Balaban J connectivity index is 1.53. The van der Waals surface area contributed by atoms with E-state index in [0.717, 1.165) is 30.6 Å². The van der Waals surface area contributed by atoms with Gasteiger partial charge in [0.2, 0.25) is 17.6 Å². The summed E-state index contributed by atoms with van der Waals surface area (Å²) in [4.78, 5) is 30.0. The first-order valence-electron chi connectivity index (χ1n) is 11.8. The van der Waals surface area contributed by atoms with Crippen LogP contribution in [0.5, 0.6) is 11.5 Å². The van der Waals surface area contributed by atoms with E-state index in [0.29, 0.717) is 22.9 Å². The molecule has 3 aromatic rings. The fourth-order valence-electron chi connectivity index (χ4n) is 4.34. The highest BCUT2D eigenvalue weighted by atomic mass is 32.1. The highest BCUT2D eigenvalue weighted by molar-refractivity contribution is 7.10. The lowest BCUT2D eigenvalue weighted by Gasteiger charge is -2.30. The van der Waals surface area contributed by atoms with Crippen molar-refractivity contribution in [3.63, 3.8) is 0 Å². The molecule has 4 rings (SSSR count). The molecule has 12 heteroatoms. The van der Waals surface area contributed by atoms with Crippen molar-refractivity contribution in [3.8, 4) is 22.9 Å². The Bertz CT molecular complexity index is 1160. The van der Waals surface area contributed by atoms with Gasteiger partial charge in [0.1, 0.15) is 12.6 Å². The monoisotopic (exact) mass is 514 g/mol. The zero-order chi connectivity index (χ0) is 25.5. The van der Waals surface area contributed by atoms with Gasteiger partial charge in [-0.15, -0.1) is 21.5 Å². The second-order valence-electron chi connectivity index (χ2n) is 8.43. The number of aliphatic hydroxyl groups excluding tert-OH is 1. The molecule has 1 aliphatic carbocycles. The molecular formula is C24H30N6O5S. The van der Waals surface area contributed by atoms with Crippen LogP contribution in [0.15, 0.2) is 35.7 Å². The molecule has 2 N–H and O–H groups in total. The molecule has 2 heterocycles. The second kappa shape index (κ2) is 12.0. The van der Waals surface area contributed by atoms with Crippen LogP contribution >= 0.6 is 11.3 Å². The number of amides is 2. The van der Waals surface area contributed by atoms with Crippen LogP contribution in [0.25, 0.3) is 11.4 Å². The van der Waals surface area contributed by atoms with E-state index in [9.17, 15) is 14.7 Å². The van der Waals surface area contributed by atoms with Gasteiger partial charge >= 0.3 is 0 Å². The zero-order valence-electron chi connectivity index (χ0n) is 20.3. The van der Waals surface area contributed by atoms with Crippen molar-refractivity contribution in [3.05, 3.63) is 40.6 Å². The van der Waals surface area contributed by atoms with Crippen LogP contribution in [0.3, 0.4) is 0 Å². The van der Waals surface area contributed by atoms with Crippen molar-refractivity contribution in [1.29, 1.82) is 0 Å². The first-order valence-corrected chi connectivity index (χ1v) is 12.7. The Morgan fingerprint density at radius 2 is 2.00 bits per heavy atom. The molecule has 1 atom stereocenters. The lowest BCUT2D eigenvalue weighted by atomic mass is 10.1. The van der Waals surface area contributed by atoms with E-state index in [2.05, 4.69) is 20.7 Å². The summed E-state index contributed by atoms with van der Waals surface area (Å²) in [7, 11) is 3.08. The predicted molar refractivity (Wildman–Crippen MR) is 133 cm³/mol. The number of nitrogens with zero attached hydrogens (tertiary/aromatic N) is 5. The number of aromatic nitrogens is 4. The van der Waals surface area contributed by atoms with Gasteiger partial charge in [0, 0.05) is 23.0 Å². The smallest absolute Gasteiger partial charge is 0.248 e. The molecule has 11 nitrogen and oxygen atoms in total. The van der Waals surface area contributed by atoms with Gasteiger partial charge in [-0.1, -0.05) is 18.9 Å². The number of nitrogens with one attached hydrogen (secondary N) is 1. The maximum atomic E-state index is 13.4. The molecular weight excluding hydrogens is 484 g/mol. The number of rotatable bonds is 11. The van der Waals surface area contributed by atoms with E-state index >= 15 is 0 Å². The van der Waals surface area contributed by atoms with Gasteiger partial charge in [-0.2, -0.15) is 4.80 Å². The van der Waals surface area contributed by atoms with E-state index in [1.807, 2.05) is 17.5 Å². The van der Waals surface area contributed by atoms with Crippen LogP contribution in [0.2, 0.25) is 0 Å². The number of hydrogen-bond acceptors (Lipinski definition) is 9. The predicted octanol–water partition coefficient (Wildman–Crippen LogP) is 2.04. The Kier molecular flexibility index (Phi) is 8.49. The summed E-state index contributed by atoms with van der Waals surface area (Å²) in [5.41, 5.74) is 0.644. The normalized spacial score (nSPS) is 14.4. The lowest BCUT2D eigenvalue weighted by Crippen LogP contribution is -2.47. The van der Waals surface area contributed by atoms with Crippen LogP contribution in [0.1, 0.15) is 36.6 Å². The van der Waals surface area contributed by atoms with E-state index in [-0.39, 0.29) is 31.6 Å². The van der Waals surface area contributed by atoms with Gasteiger partial charge in [-0.05, 0) is 47.7 Å². The quantitative estimate of drug-likeness (QED) is 0.397. The molecule has 1 fully saturated rings. The molecule has 2 amide bonds. The van der Waals surface area contributed by atoms with Crippen molar-refractivity contribution in [1.82, 2.24) is 30.4 Å². The number of methoxy groups -OCH3 is 2. The minimum atomic E-state index is -0.848. The average Bonchev–Trinajstić information content (AvgIpc) is 3.67. The summed E-state index contributed by atoms with van der Waals surface area (Å²) < 4.78 is 10.6. The fraction of sp³-hybridized carbons (Fsp3) is 0.458. The number of tetrazole rings is 1. The van der Waals surface area contributed by atoms with E-state index in [1.54, 1.807) is 25.3 Å². The third kappa shape index (κ3) is 5.82. The number of ether oxygens (including phenoxy) is 2. The maximum absolute atomic E-state index is 13.4. The highest BCUT2D eigenvalue weighted by Gasteiger charge is 2.34. The largest absolute Gasteiger partial charge is 0.493 e. The Morgan fingerprint density at radius 1 is 1.22 bits per heavy atom. The molecule has 192 valence electrons. The third-order valence-electron chi connectivity index (χ3n) is 6.11. The van der Waals surface area contributed by atoms with Crippen molar-refractivity contribution in [2.24, 2.45) is 0 Å². The molecule has 1 saturated carbocycles. The standard InChI is InChI=1S/C24H30N6O5S/c1-34-18-10-9-16(14-19(18)35-2)23-26-28-30(27-23)15-21(32)29(11-12-31)22(20-8-5-13-36-20)24(33)25-17-6-3-4-7-17/h5,8-10,13-14,17,22,31H,3-4,6-7,11-12,15H2,1-2H3,(H,25,33). The Labute approximate surface area is 213 Å². The van der Waals surface area contributed by atoms with Gasteiger partial charge < -0.3 is 24.8 Å². The molecule has 0 bridgehead atoms. The second-order valence-corrected chi connectivity index (χ2v) is 9.41. The average molecular weight is 515 g/mol. The Morgan fingerprint density at radius 3 is 2.67 bits per heavy atom. The van der Waals surface area contributed by atoms with Gasteiger partial charge in [0.15, 0.2) is 11.5 Å². The number of hydrogen-bond donors (Lipinski definition) is 2. The lowest BCUT2D eigenvalue weighted by molar-refractivity contribution is -0.142. The number of thiophene rings is 1. The molecule has 2 aromatic heterocycles. The topological polar surface area (TPSA) is 132 Å². The SMILES string of the molecule is COc1ccc(-c2nnn(CC(=O)N(CCO)C(C(=O)NC3CCCC3)c3cccs3)n2)cc1OC.